The van der Waals surface area contributed by atoms with Gasteiger partial charge in [-0.05, 0) is 30.5 Å². The second-order valence-electron chi connectivity index (χ2n) is 5.39. The Labute approximate surface area is 140 Å². The zero-order valence-corrected chi connectivity index (χ0v) is 14.1. The van der Waals surface area contributed by atoms with Crippen LogP contribution in [-0.2, 0) is 11.2 Å². The molecule has 1 aromatic rings. The van der Waals surface area contributed by atoms with Crippen molar-refractivity contribution in [1.82, 2.24) is 4.65 Å². The predicted molar refractivity (Wildman–Crippen MR) is 91.4 cm³/mol. The lowest BCUT2D eigenvalue weighted by Gasteiger charge is -2.41. The van der Waals surface area contributed by atoms with Gasteiger partial charge in [-0.25, -0.2) is 0 Å². The summed E-state index contributed by atoms with van der Waals surface area (Å²) in [6.07, 6.45) is 0.304. The summed E-state index contributed by atoms with van der Waals surface area (Å²) >= 11 is 11.5. The molecule has 0 spiro atoms. The number of aliphatic carboxylic acids is 1. The Bertz CT molecular complexity index is 506. The molecule has 0 fully saturated rings. The summed E-state index contributed by atoms with van der Waals surface area (Å²) in [5.41, 5.74) is 8.28. The first-order chi connectivity index (χ1) is 10.3. The molecule has 3 N–H and O–H groups in total. The molecule has 0 amide bonds. The molecule has 1 atom stereocenters. The monoisotopic (exact) mass is 348 g/mol. The summed E-state index contributed by atoms with van der Waals surface area (Å²) in [5, 5.41) is 21.7. The quantitative estimate of drug-likeness (QED) is 0.408. The van der Waals surface area contributed by atoms with Crippen LogP contribution in [0.4, 0.5) is 5.69 Å². The van der Waals surface area contributed by atoms with Crippen molar-refractivity contribution in [3.05, 3.63) is 34.5 Å². The maximum absolute atomic E-state index is 12.9. The molecule has 0 radical (unpaired) electrons. The molecular weight excluding hydrogens is 327 g/mol. The van der Waals surface area contributed by atoms with Crippen LogP contribution in [0.2, 0.25) is 0 Å². The number of aryl methyl sites for hydroxylation is 1. The first kappa shape index (κ1) is 19.2. The summed E-state index contributed by atoms with van der Waals surface area (Å²) in [4.78, 5) is 10.7. The minimum Gasteiger partial charge on any atom is -0.627 e. The van der Waals surface area contributed by atoms with E-state index in [1.165, 1.54) is 0 Å². The van der Waals surface area contributed by atoms with Gasteiger partial charge >= 0.3 is 5.97 Å². The third-order valence-corrected chi connectivity index (χ3v) is 3.95. The van der Waals surface area contributed by atoms with Gasteiger partial charge in [0.15, 0.2) is 0 Å². The molecule has 1 unspecified atom stereocenters. The Balaban J connectivity index is 3.03. The van der Waals surface area contributed by atoms with E-state index in [-0.39, 0.29) is 31.3 Å². The topological polar surface area (TPSA) is 86.4 Å². The Hall–Kier alpha value is -0.850. The van der Waals surface area contributed by atoms with Crippen LogP contribution in [0.15, 0.2) is 18.2 Å². The summed E-state index contributed by atoms with van der Waals surface area (Å²) in [5.74, 6) is -0.455. The molecule has 0 aliphatic heterocycles. The van der Waals surface area contributed by atoms with Gasteiger partial charge in [-0.2, -0.15) is 0 Å². The first-order valence-electron chi connectivity index (χ1n) is 7.10. The van der Waals surface area contributed by atoms with Crippen molar-refractivity contribution in [1.29, 1.82) is 0 Å². The van der Waals surface area contributed by atoms with Gasteiger partial charge in [0, 0.05) is 12.1 Å². The van der Waals surface area contributed by atoms with Crippen molar-refractivity contribution in [3.63, 3.8) is 0 Å². The van der Waals surface area contributed by atoms with Gasteiger partial charge in [0.05, 0.1) is 31.3 Å². The molecule has 0 bridgehead atoms. The van der Waals surface area contributed by atoms with Gasteiger partial charge < -0.3 is 20.7 Å². The number of carboxylic acids is 1. The molecule has 0 saturated carbocycles. The van der Waals surface area contributed by atoms with Crippen molar-refractivity contribution >= 4 is 34.9 Å². The van der Waals surface area contributed by atoms with Crippen LogP contribution in [0.1, 0.15) is 17.5 Å². The molecule has 1 aromatic carbocycles. The maximum atomic E-state index is 12.9. The van der Waals surface area contributed by atoms with Gasteiger partial charge in [0.1, 0.15) is 5.69 Å². The second kappa shape index (κ2) is 8.70. The lowest BCUT2D eigenvalue weighted by molar-refractivity contribution is -0.137. The highest BCUT2D eigenvalue weighted by molar-refractivity contribution is 6.18. The maximum Gasteiger partial charge on any atom is 0.304 e. The van der Waals surface area contributed by atoms with Gasteiger partial charge in [0.25, 0.3) is 0 Å². The number of quaternary nitrogens is 1. The number of nitrogens with zero attached hydrogens (tertiary/aromatic N) is 1. The van der Waals surface area contributed by atoms with Crippen molar-refractivity contribution < 1.29 is 9.90 Å². The minimum atomic E-state index is -0.931. The fraction of sp³-hybridized carbons (Fsp3) is 0.533. The molecule has 7 heteroatoms. The highest BCUT2D eigenvalue weighted by Crippen LogP contribution is 2.26. The molecule has 22 heavy (non-hydrogen) atoms. The molecule has 124 valence electrons. The number of benzene rings is 1. The highest BCUT2D eigenvalue weighted by atomic mass is 35.5. The fourth-order valence-corrected chi connectivity index (χ4v) is 2.90. The van der Waals surface area contributed by atoms with E-state index in [0.29, 0.717) is 12.1 Å². The highest BCUT2D eigenvalue weighted by Gasteiger charge is 2.21. The SMILES string of the molecule is Cc1ccc([N+]([O-])(CCCl)CCCl)cc1CC(N)CC(=O)O. The number of nitrogens with two attached hydrogens (primary N) is 1. The van der Waals surface area contributed by atoms with Crippen molar-refractivity contribution in [2.24, 2.45) is 5.73 Å². The molecule has 5 nitrogen and oxygen atoms in total. The Kier molecular flexibility index (Phi) is 7.59. The molecule has 1 rings (SSSR count). The van der Waals surface area contributed by atoms with Gasteiger partial charge in [-0.1, -0.05) is 6.07 Å². The van der Waals surface area contributed by atoms with Crippen molar-refractivity contribution in [2.45, 2.75) is 25.8 Å². The zero-order chi connectivity index (χ0) is 16.8. The number of hydroxylamine groups is 2. The Morgan fingerprint density at radius 1 is 1.36 bits per heavy atom. The van der Waals surface area contributed by atoms with E-state index in [4.69, 9.17) is 34.0 Å². The van der Waals surface area contributed by atoms with Crippen LogP contribution >= 0.6 is 23.2 Å². The summed E-state index contributed by atoms with van der Waals surface area (Å²) in [7, 11) is 0. The molecule has 0 heterocycles. The fourth-order valence-electron chi connectivity index (χ4n) is 2.35. The summed E-state index contributed by atoms with van der Waals surface area (Å²) in [6, 6.07) is 4.93. The summed E-state index contributed by atoms with van der Waals surface area (Å²) < 4.78 is -0.589. The lowest BCUT2D eigenvalue weighted by Crippen LogP contribution is -2.46. The van der Waals surface area contributed by atoms with Crippen LogP contribution in [0.3, 0.4) is 0 Å². The first-order valence-corrected chi connectivity index (χ1v) is 8.16. The average Bonchev–Trinajstić information content (AvgIpc) is 2.40. The normalized spacial score (nSPS) is 13.1. The minimum absolute atomic E-state index is 0.107. The molecule has 0 aromatic heterocycles. The zero-order valence-electron chi connectivity index (χ0n) is 12.6. The number of hydrogen-bond acceptors (Lipinski definition) is 3. The van der Waals surface area contributed by atoms with Crippen LogP contribution in [0.5, 0.6) is 0 Å². The van der Waals surface area contributed by atoms with E-state index in [1.54, 1.807) is 12.1 Å². The lowest BCUT2D eigenvalue weighted by atomic mass is 9.98. The third-order valence-electron chi connectivity index (χ3n) is 3.61. The van der Waals surface area contributed by atoms with Crippen LogP contribution in [0.25, 0.3) is 0 Å². The number of alkyl halides is 2. The molecule has 0 aliphatic carbocycles. The van der Waals surface area contributed by atoms with Crippen LogP contribution < -0.4 is 10.4 Å². The Morgan fingerprint density at radius 3 is 2.45 bits per heavy atom. The van der Waals surface area contributed by atoms with Gasteiger partial charge in [0.2, 0.25) is 0 Å². The van der Waals surface area contributed by atoms with Crippen LogP contribution in [0, 0.1) is 12.1 Å². The van der Waals surface area contributed by atoms with Gasteiger partial charge in [-0.3, -0.25) is 4.79 Å². The van der Waals surface area contributed by atoms with Crippen LogP contribution in [-0.4, -0.2) is 42.0 Å². The average molecular weight is 349 g/mol. The Morgan fingerprint density at radius 2 is 1.95 bits per heavy atom. The number of rotatable bonds is 9. The van der Waals surface area contributed by atoms with Crippen molar-refractivity contribution in [2.75, 3.05) is 24.8 Å². The predicted octanol–water partition coefficient (Wildman–Crippen LogP) is 2.62. The van der Waals surface area contributed by atoms with E-state index in [9.17, 15) is 10.0 Å². The van der Waals surface area contributed by atoms with E-state index in [0.717, 1.165) is 11.1 Å². The number of carbonyl (C=O) groups is 1. The standard InChI is InChI=1S/C15H22Cl2N2O3/c1-11-2-3-14(19(22,6-4-16)7-5-17)9-12(11)8-13(18)10-15(20)21/h2-3,9,13H,4-8,10,18H2,1H3,(H,20,21). The third kappa shape index (κ3) is 5.41. The van der Waals surface area contributed by atoms with Gasteiger partial charge in [-0.15, -0.1) is 23.2 Å². The largest absolute Gasteiger partial charge is 0.627 e. The molecular formula is C15H22Cl2N2O3. The molecule has 0 saturated heterocycles. The van der Waals surface area contributed by atoms with Crippen molar-refractivity contribution in [3.8, 4) is 0 Å². The van der Waals surface area contributed by atoms with E-state index >= 15 is 0 Å². The number of halogens is 2. The van der Waals surface area contributed by atoms with E-state index in [1.807, 2.05) is 13.0 Å². The molecule has 0 aliphatic rings. The number of carboxylic acid groups (broad SMARTS) is 1. The number of hydrogen-bond donors (Lipinski definition) is 2. The summed E-state index contributed by atoms with van der Waals surface area (Å²) in [6.45, 7) is 2.38. The van der Waals surface area contributed by atoms with E-state index < -0.39 is 16.7 Å². The van der Waals surface area contributed by atoms with E-state index in [2.05, 4.69) is 0 Å². The second-order valence-corrected chi connectivity index (χ2v) is 6.14. The smallest absolute Gasteiger partial charge is 0.304 e.